The van der Waals surface area contributed by atoms with Crippen LogP contribution in [0.15, 0.2) is 12.4 Å². The molecule has 114 valence electrons. The van der Waals surface area contributed by atoms with Gasteiger partial charge in [0.05, 0.1) is 0 Å². The van der Waals surface area contributed by atoms with Gasteiger partial charge >= 0.3 is 0 Å². The Morgan fingerprint density at radius 2 is 2.35 bits per heavy atom. The highest BCUT2D eigenvalue weighted by Crippen LogP contribution is 2.21. The first-order valence-electron chi connectivity index (χ1n) is 7.68. The second kappa shape index (κ2) is 7.64. The molecule has 1 fully saturated rings. The second-order valence-electron chi connectivity index (χ2n) is 5.92. The number of hydrogen-bond donors (Lipinski definition) is 1. The van der Waals surface area contributed by atoms with Crippen LogP contribution < -0.4 is 5.32 Å². The van der Waals surface area contributed by atoms with Crippen molar-refractivity contribution < 1.29 is 4.74 Å². The molecule has 0 radical (unpaired) electrons. The zero-order valence-corrected chi connectivity index (χ0v) is 13.0. The molecule has 1 aromatic heterocycles. The maximum atomic E-state index is 5.06. The summed E-state index contributed by atoms with van der Waals surface area (Å²) in [7, 11) is 1.74. The highest BCUT2D eigenvalue weighted by molar-refractivity contribution is 5.25. The molecule has 1 saturated heterocycles. The topological polar surface area (TPSA) is 42.3 Å². The third-order valence-corrected chi connectivity index (χ3v) is 4.03. The van der Waals surface area contributed by atoms with Crippen LogP contribution in [0.25, 0.3) is 0 Å². The van der Waals surface area contributed by atoms with Crippen LogP contribution in [-0.4, -0.2) is 53.8 Å². The van der Waals surface area contributed by atoms with Crippen molar-refractivity contribution in [2.75, 3.05) is 38.7 Å². The van der Waals surface area contributed by atoms with Gasteiger partial charge in [0.2, 0.25) is 5.95 Å². The van der Waals surface area contributed by atoms with Crippen molar-refractivity contribution in [3.05, 3.63) is 12.4 Å². The van der Waals surface area contributed by atoms with Crippen LogP contribution in [0.1, 0.15) is 26.7 Å². The minimum absolute atomic E-state index is 0.662. The maximum Gasteiger partial charge on any atom is 0.202 e. The summed E-state index contributed by atoms with van der Waals surface area (Å²) in [4.78, 5) is 6.97. The number of imidazole rings is 1. The maximum absolute atomic E-state index is 5.06. The predicted octanol–water partition coefficient (Wildman–Crippen LogP) is 2.06. The van der Waals surface area contributed by atoms with Crippen molar-refractivity contribution in [2.24, 2.45) is 5.92 Å². The van der Waals surface area contributed by atoms with Crippen molar-refractivity contribution >= 4 is 5.95 Å². The minimum atomic E-state index is 0.662. The fourth-order valence-electron chi connectivity index (χ4n) is 2.80. The summed E-state index contributed by atoms with van der Waals surface area (Å²) < 4.78 is 7.31. The van der Waals surface area contributed by atoms with Crippen molar-refractivity contribution in [1.82, 2.24) is 14.5 Å². The zero-order valence-electron chi connectivity index (χ0n) is 13.0. The number of methoxy groups -OCH3 is 1. The summed E-state index contributed by atoms with van der Waals surface area (Å²) in [5.41, 5.74) is 0. The third-order valence-electron chi connectivity index (χ3n) is 4.03. The van der Waals surface area contributed by atoms with E-state index in [9.17, 15) is 0 Å². The molecule has 1 aromatic rings. The largest absolute Gasteiger partial charge is 0.385 e. The van der Waals surface area contributed by atoms with E-state index >= 15 is 0 Å². The molecule has 0 saturated carbocycles. The average molecular weight is 280 g/mol. The fourth-order valence-corrected chi connectivity index (χ4v) is 2.80. The highest BCUT2D eigenvalue weighted by Gasteiger charge is 2.24. The Balaban J connectivity index is 1.80. The normalized spacial score (nSPS) is 19.9. The van der Waals surface area contributed by atoms with Crippen LogP contribution in [0.5, 0.6) is 0 Å². The minimum Gasteiger partial charge on any atom is -0.385 e. The Labute approximate surface area is 122 Å². The highest BCUT2D eigenvalue weighted by atomic mass is 16.5. The summed E-state index contributed by atoms with van der Waals surface area (Å²) >= 11 is 0. The summed E-state index contributed by atoms with van der Waals surface area (Å²) in [5, 5.41) is 3.39. The van der Waals surface area contributed by atoms with E-state index in [0.29, 0.717) is 6.04 Å². The monoisotopic (exact) mass is 280 g/mol. The van der Waals surface area contributed by atoms with Gasteiger partial charge in [-0.2, -0.15) is 0 Å². The third kappa shape index (κ3) is 4.21. The van der Waals surface area contributed by atoms with Crippen LogP contribution >= 0.6 is 0 Å². The van der Waals surface area contributed by atoms with Crippen LogP contribution in [0.2, 0.25) is 0 Å². The van der Waals surface area contributed by atoms with Crippen molar-refractivity contribution in [2.45, 2.75) is 39.3 Å². The molecule has 0 aromatic carbocycles. The zero-order chi connectivity index (χ0) is 14.4. The Morgan fingerprint density at radius 3 is 3.05 bits per heavy atom. The van der Waals surface area contributed by atoms with Crippen LogP contribution in [-0.2, 0) is 11.3 Å². The number of rotatable bonds is 8. The Morgan fingerprint density at radius 1 is 1.50 bits per heavy atom. The van der Waals surface area contributed by atoms with Gasteiger partial charge in [-0.25, -0.2) is 4.98 Å². The van der Waals surface area contributed by atoms with Gasteiger partial charge in [-0.1, -0.05) is 0 Å². The fraction of sp³-hybridized carbons (Fsp3) is 0.800. The molecule has 1 atom stereocenters. The molecule has 0 spiro atoms. The van der Waals surface area contributed by atoms with E-state index in [1.54, 1.807) is 7.11 Å². The standard InChI is InChI=1S/C15H28N4O/c1-13(2)18-8-5-14(11-18)12-19-9-7-17-15(19)16-6-4-10-20-3/h7,9,13-14H,4-6,8,10-12H2,1-3H3,(H,16,17). The van der Waals surface area contributed by atoms with E-state index in [1.807, 2.05) is 6.20 Å². The molecule has 5 nitrogen and oxygen atoms in total. The SMILES string of the molecule is COCCCNc1nccn1CC1CCN(C(C)C)C1. The lowest BCUT2D eigenvalue weighted by molar-refractivity contribution is 0.197. The summed E-state index contributed by atoms with van der Waals surface area (Å²) in [6.07, 6.45) is 6.26. The molecule has 1 aliphatic heterocycles. The van der Waals surface area contributed by atoms with Gasteiger partial charge in [-0.3, -0.25) is 0 Å². The molecular weight excluding hydrogens is 252 g/mol. The molecule has 5 heteroatoms. The molecule has 0 amide bonds. The van der Waals surface area contributed by atoms with Crippen molar-refractivity contribution in [3.8, 4) is 0 Å². The molecule has 2 heterocycles. The lowest BCUT2D eigenvalue weighted by Crippen LogP contribution is -2.28. The van der Waals surface area contributed by atoms with Gasteiger partial charge in [-0.15, -0.1) is 0 Å². The van der Waals surface area contributed by atoms with E-state index < -0.39 is 0 Å². The quantitative estimate of drug-likeness (QED) is 0.740. The van der Waals surface area contributed by atoms with Gasteiger partial charge in [0.15, 0.2) is 0 Å². The Hall–Kier alpha value is -1.07. The van der Waals surface area contributed by atoms with Gasteiger partial charge in [0.25, 0.3) is 0 Å². The van der Waals surface area contributed by atoms with Crippen molar-refractivity contribution in [3.63, 3.8) is 0 Å². The van der Waals surface area contributed by atoms with Crippen LogP contribution in [0.4, 0.5) is 5.95 Å². The summed E-state index contributed by atoms with van der Waals surface area (Å²) in [5.74, 6) is 1.73. The van der Waals surface area contributed by atoms with E-state index in [0.717, 1.165) is 38.0 Å². The molecule has 1 N–H and O–H groups in total. The number of ether oxygens (including phenoxy) is 1. The predicted molar refractivity (Wildman–Crippen MR) is 82.0 cm³/mol. The lowest BCUT2D eigenvalue weighted by Gasteiger charge is -2.20. The first-order chi connectivity index (χ1) is 9.70. The van der Waals surface area contributed by atoms with Crippen molar-refractivity contribution in [1.29, 1.82) is 0 Å². The molecule has 0 aliphatic carbocycles. The van der Waals surface area contributed by atoms with E-state index in [4.69, 9.17) is 4.74 Å². The number of hydrogen-bond acceptors (Lipinski definition) is 4. The number of aromatic nitrogens is 2. The first kappa shape index (κ1) is 15.3. The average Bonchev–Trinajstić information content (AvgIpc) is 3.05. The Kier molecular flexibility index (Phi) is 5.86. The smallest absolute Gasteiger partial charge is 0.202 e. The molecule has 20 heavy (non-hydrogen) atoms. The van der Waals surface area contributed by atoms with Crippen LogP contribution in [0.3, 0.4) is 0 Å². The van der Waals surface area contributed by atoms with E-state index in [1.165, 1.54) is 19.5 Å². The van der Waals surface area contributed by atoms with Gasteiger partial charge in [-0.05, 0) is 39.2 Å². The number of likely N-dealkylation sites (tertiary alicyclic amines) is 1. The molecular formula is C15H28N4O. The van der Waals surface area contributed by atoms with E-state index in [2.05, 4.69) is 39.8 Å². The Bertz CT molecular complexity index is 391. The molecule has 1 unspecified atom stereocenters. The number of anilines is 1. The second-order valence-corrected chi connectivity index (χ2v) is 5.92. The lowest BCUT2D eigenvalue weighted by atomic mass is 10.1. The van der Waals surface area contributed by atoms with Gasteiger partial charge < -0.3 is 19.5 Å². The van der Waals surface area contributed by atoms with Crippen LogP contribution in [0, 0.1) is 5.92 Å². The van der Waals surface area contributed by atoms with E-state index in [-0.39, 0.29) is 0 Å². The summed E-state index contributed by atoms with van der Waals surface area (Å²) in [6.45, 7) is 9.76. The van der Waals surface area contributed by atoms with Gasteiger partial charge in [0.1, 0.15) is 0 Å². The van der Waals surface area contributed by atoms with Gasteiger partial charge in [0, 0.05) is 51.8 Å². The summed E-state index contributed by atoms with van der Waals surface area (Å²) in [6, 6.07) is 0.662. The number of nitrogens with zero attached hydrogens (tertiary/aromatic N) is 3. The molecule has 1 aliphatic rings. The molecule has 2 rings (SSSR count). The molecule has 0 bridgehead atoms. The number of nitrogens with one attached hydrogen (secondary N) is 1. The first-order valence-corrected chi connectivity index (χ1v) is 7.68.